The van der Waals surface area contributed by atoms with Crippen LogP contribution in [-0.4, -0.2) is 51.2 Å². The lowest BCUT2D eigenvalue weighted by molar-refractivity contribution is 0.0978. The van der Waals surface area contributed by atoms with Gasteiger partial charge in [-0.3, -0.25) is 14.6 Å². The number of aromatic nitrogens is 4. The number of nitrogens with one attached hydrogen (secondary N) is 3. The van der Waals surface area contributed by atoms with Gasteiger partial charge in [0.05, 0.1) is 18.0 Å². The molecule has 2 atom stereocenters. The molecule has 0 aromatic carbocycles. The van der Waals surface area contributed by atoms with Crippen molar-refractivity contribution < 1.29 is 23.5 Å². The van der Waals surface area contributed by atoms with Crippen LogP contribution < -0.4 is 10.6 Å². The van der Waals surface area contributed by atoms with Crippen molar-refractivity contribution in [1.82, 2.24) is 25.3 Å². The Bertz CT molecular complexity index is 909. The fourth-order valence-electron chi connectivity index (χ4n) is 3.55. The quantitative estimate of drug-likeness (QED) is 0.630. The number of halogens is 1. The summed E-state index contributed by atoms with van der Waals surface area (Å²) in [7, 11) is 3.15. The first-order chi connectivity index (χ1) is 14.3. The highest BCUT2D eigenvalue weighted by Crippen LogP contribution is 2.37. The number of rotatable bonds is 7. The number of nitrogens with zero attached hydrogens (tertiary/aromatic N) is 3. The molecule has 2 unspecified atom stereocenters. The number of amides is 2. The monoisotopic (exact) mass is 422 g/mol. The molecule has 3 rings (SSSR count). The maximum atomic E-state index is 14.9. The highest BCUT2D eigenvalue weighted by Gasteiger charge is 2.33. The minimum atomic E-state index is -0.611. The van der Waals surface area contributed by atoms with Crippen LogP contribution in [0.3, 0.4) is 0 Å². The summed E-state index contributed by atoms with van der Waals surface area (Å²) in [6.45, 7) is 3.96. The van der Waals surface area contributed by atoms with Crippen LogP contribution >= 0.6 is 0 Å². The summed E-state index contributed by atoms with van der Waals surface area (Å²) in [5.74, 6) is -1.49. The first-order valence-electron chi connectivity index (χ1n) is 9.82. The van der Waals surface area contributed by atoms with E-state index >= 15 is 0 Å². The zero-order chi connectivity index (χ0) is 21.8. The van der Waals surface area contributed by atoms with Gasteiger partial charge in [-0.1, -0.05) is 0 Å². The smallest absolute Gasteiger partial charge is 0.407 e. The number of methoxy groups -OCH3 is 1. The summed E-state index contributed by atoms with van der Waals surface area (Å²) in [6, 6.07) is 1.56. The van der Waals surface area contributed by atoms with Crippen molar-refractivity contribution in [1.29, 1.82) is 0 Å². The SMILES string of the molecule is COCc1cc(C(=O)Nc2n[nH]c(C3CCC(OC(=O)NC(C)C)C3)c2F)n(C)n1. The number of hydrogen-bond donors (Lipinski definition) is 3. The molecule has 2 amide bonds. The van der Waals surface area contributed by atoms with Gasteiger partial charge in [0.15, 0.2) is 11.6 Å². The molecule has 0 aliphatic heterocycles. The maximum absolute atomic E-state index is 14.9. The second kappa shape index (κ2) is 9.24. The second-order valence-electron chi connectivity index (χ2n) is 7.67. The topological polar surface area (TPSA) is 123 Å². The number of H-pyrrole nitrogens is 1. The number of hydrogen-bond acceptors (Lipinski definition) is 6. The summed E-state index contributed by atoms with van der Waals surface area (Å²) < 4.78 is 26.7. The van der Waals surface area contributed by atoms with Crippen molar-refractivity contribution >= 4 is 17.8 Å². The van der Waals surface area contributed by atoms with Gasteiger partial charge >= 0.3 is 6.09 Å². The molecular formula is C19H27FN6O4. The molecule has 11 heteroatoms. The van der Waals surface area contributed by atoms with Crippen LogP contribution in [0.1, 0.15) is 60.9 Å². The Balaban J connectivity index is 1.62. The normalized spacial score (nSPS) is 18.6. The Morgan fingerprint density at radius 1 is 1.40 bits per heavy atom. The van der Waals surface area contributed by atoms with E-state index in [0.717, 1.165) is 0 Å². The van der Waals surface area contributed by atoms with E-state index < -0.39 is 17.8 Å². The number of aryl methyl sites for hydroxylation is 1. The van der Waals surface area contributed by atoms with E-state index in [2.05, 4.69) is 25.9 Å². The van der Waals surface area contributed by atoms with Crippen molar-refractivity contribution in [2.75, 3.05) is 12.4 Å². The van der Waals surface area contributed by atoms with E-state index in [1.807, 2.05) is 13.8 Å². The van der Waals surface area contributed by atoms with E-state index in [9.17, 15) is 14.0 Å². The van der Waals surface area contributed by atoms with Gasteiger partial charge in [0.25, 0.3) is 5.91 Å². The molecule has 1 aliphatic rings. The molecule has 3 N–H and O–H groups in total. The number of carbonyl (C=O) groups excluding carboxylic acids is 2. The minimum absolute atomic E-state index is 0.0177. The molecule has 1 fully saturated rings. The van der Waals surface area contributed by atoms with Crippen molar-refractivity contribution in [3.8, 4) is 0 Å². The average molecular weight is 422 g/mol. The predicted molar refractivity (Wildman–Crippen MR) is 106 cm³/mol. The molecule has 0 bridgehead atoms. The highest BCUT2D eigenvalue weighted by molar-refractivity contribution is 6.02. The van der Waals surface area contributed by atoms with Gasteiger partial charge < -0.3 is 20.1 Å². The molecule has 2 heterocycles. The average Bonchev–Trinajstić information content (AvgIpc) is 3.35. The second-order valence-corrected chi connectivity index (χ2v) is 7.67. The highest BCUT2D eigenvalue weighted by atomic mass is 19.1. The van der Waals surface area contributed by atoms with Gasteiger partial charge in [0, 0.05) is 26.1 Å². The van der Waals surface area contributed by atoms with Gasteiger partial charge in [-0.05, 0) is 39.2 Å². The number of aromatic amines is 1. The lowest BCUT2D eigenvalue weighted by Crippen LogP contribution is -2.33. The number of alkyl carbamates (subject to hydrolysis) is 1. The van der Waals surface area contributed by atoms with Gasteiger partial charge in [0.2, 0.25) is 0 Å². The third kappa shape index (κ3) is 4.96. The maximum Gasteiger partial charge on any atom is 0.407 e. The van der Waals surface area contributed by atoms with E-state index in [1.165, 1.54) is 11.8 Å². The first-order valence-corrected chi connectivity index (χ1v) is 9.82. The molecule has 0 radical (unpaired) electrons. The zero-order valence-electron chi connectivity index (χ0n) is 17.5. The Labute approximate surface area is 173 Å². The summed E-state index contributed by atoms with van der Waals surface area (Å²) in [4.78, 5) is 24.3. The van der Waals surface area contributed by atoms with Gasteiger partial charge in [-0.25, -0.2) is 9.18 Å². The van der Waals surface area contributed by atoms with Crippen LogP contribution in [0.2, 0.25) is 0 Å². The summed E-state index contributed by atoms with van der Waals surface area (Å²) >= 11 is 0. The standard InChI is InChI=1S/C19H27FN6O4/c1-10(2)21-19(28)30-13-6-5-11(7-13)16-15(20)17(24-23-16)22-18(27)14-8-12(9-29-4)25-26(14)3/h8,10-11,13H,5-7,9H2,1-4H3,(H,21,28)(H2,22,23,24,27). The molecule has 30 heavy (non-hydrogen) atoms. The van der Waals surface area contributed by atoms with Gasteiger partial charge in [-0.2, -0.15) is 10.2 Å². The largest absolute Gasteiger partial charge is 0.446 e. The third-order valence-corrected chi connectivity index (χ3v) is 4.89. The molecular weight excluding hydrogens is 395 g/mol. The van der Waals surface area contributed by atoms with Crippen molar-refractivity contribution in [2.24, 2.45) is 7.05 Å². The summed E-state index contributed by atoms with van der Waals surface area (Å²) in [5, 5.41) is 15.9. The lowest BCUT2D eigenvalue weighted by atomic mass is 10.0. The van der Waals surface area contributed by atoms with Crippen LogP contribution in [0.25, 0.3) is 0 Å². The van der Waals surface area contributed by atoms with Crippen LogP contribution in [-0.2, 0) is 23.1 Å². The third-order valence-electron chi connectivity index (χ3n) is 4.89. The Kier molecular flexibility index (Phi) is 6.70. The molecule has 1 saturated carbocycles. The van der Waals surface area contributed by atoms with Crippen molar-refractivity contribution in [3.63, 3.8) is 0 Å². The van der Waals surface area contributed by atoms with E-state index in [-0.39, 0.29) is 36.2 Å². The van der Waals surface area contributed by atoms with E-state index in [1.54, 1.807) is 13.1 Å². The molecule has 2 aromatic heterocycles. The van der Waals surface area contributed by atoms with Gasteiger partial charge in [-0.15, -0.1) is 0 Å². The van der Waals surface area contributed by atoms with E-state index in [4.69, 9.17) is 9.47 Å². The van der Waals surface area contributed by atoms with Crippen molar-refractivity contribution in [3.05, 3.63) is 29.0 Å². The Morgan fingerprint density at radius 2 is 2.17 bits per heavy atom. The number of anilines is 1. The van der Waals surface area contributed by atoms with Crippen LogP contribution in [0, 0.1) is 5.82 Å². The number of carbonyl (C=O) groups is 2. The number of ether oxygens (including phenoxy) is 2. The zero-order valence-corrected chi connectivity index (χ0v) is 17.5. The fourth-order valence-corrected chi connectivity index (χ4v) is 3.55. The summed E-state index contributed by atoms with van der Waals surface area (Å²) in [5.41, 5.74) is 1.15. The molecule has 2 aromatic rings. The fraction of sp³-hybridized carbons (Fsp3) is 0.579. The molecule has 0 spiro atoms. The Hall–Kier alpha value is -2.95. The van der Waals surface area contributed by atoms with Crippen LogP contribution in [0.15, 0.2) is 6.07 Å². The minimum Gasteiger partial charge on any atom is -0.446 e. The summed E-state index contributed by atoms with van der Waals surface area (Å²) in [6.07, 6.45) is 1.00. The molecule has 10 nitrogen and oxygen atoms in total. The van der Waals surface area contributed by atoms with Crippen LogP contribution in [0.5, 0.6) is 0 Å². The van der Waals surface area contributed by atoms with Crippen molar-refractivity contribution in [2.45, 2.75) is 57.8 Å². The molecule has 164 valence electrons. The van der Waals surface area contributed by atoms with Crippen LogP contribution in [0.4, 0.5) is 15.0 Å². The predicted octanol–water partition coefficient (Wildman–Crippen LogP) is 2.45. The Morgan fingerprint density at radius 3 is 2.87 bits per heavy atom. The lowest BCUT2D eigenvalue weighted by Gasteiger charge is -2.14. The first kappa shape index (κ1) is 21.8. The molecule has 0 saturated heterocycles. The molecule has 1 aliphatic carbocycles. The van der Waals surface area contributed by atoms with Gasteiger partial charge in [0.1, 0.15) is 11.8 Å². The van der Waals surface area contributed by atoms with E-state index in [0.29, 0.717) is 30.7 Å².